The number of aryl methyl sites for hydroxylation is 1. The summed E-state index contributed by atoms with van der Waals surface area (Å²) in [6, 6.07) is 12.1. The average Bonchev–Trinajstić information content (AvgIpc) is 2.53. The molecule has 116 valence electrons. The molecular weight excluding hydrogens is 389 g/mol. The van der Waals surface area contributed by atoms with Crippen LogP contribution in [-0.4, -0.2) is 19.9 Å². The lowest BCUT2D eigenvalue weighted by atomic mass is 10.2. The number of methoxy groups -OCH3 is 1. The van der Waals surface area contributed by atoms with Gasteiger partial charge in [0.25, 0.3) is 0 Å². The molecule has 0 saturated carbocycles. The Morgan fingerprint density at radius 1 is 1.18 bits per heavy atom. The molecule has 0 amide bonds. The molecule has 0 spiro atoms. The second kappa shape index (κ2) is 8.17. The summed E-state index contributed by atoms with van der Waals surface area (Å²) in [7, 11) is 1.66. The topological polar surface area (TPSA) is 30.8 Å². The summed E-state index contributed by atoms with van der Waals surface area (Å²) in [5.41, 5.74) is 3.16. The van der Waals surface area contributed by atoms with Crippen molar-refractivity contribution in [3.05, 3.63) is 51.1 Å². The molecule has 3 nitrogen and oxygen atoms in total. The predicted octanol–water partition coefficient (Wildman–Crippen LogP) is 5.15. The van der Waals surface area contributed by atoms with Gasteiger partial charge in [-0.05, 0) is 65.8 Å². The summed E-state index contributed by atoms with van der Waals surface area (Å²) in [6.45, 7) is 4.83. The molecule has 2 aromatic rings. The highest BCUT2D eigenvalue weighted by Gasteiger charge is 2.10. The molecule has 0 fully saturated rings. The largest absolute Gasteiger partial charge is 0.493 e. The quantitative estimate of drug-likeness (QED) is 0.488. The molecule has 0 aliphatic heterocycles. The van der Waals surface area contributed by atoms with Crippen molar-refractivity contribution in [2.75, 3.05) is 13.7 Å². The first kappa shape index (κ1) is 16.8. The van der Waals surface area contributed by atoms with E-state index in [1.807, 2.05) is 30.5 Å². The Balaban J connectivity index is 2.24. The minimum Gasteiger partial charge on any atom is -0.493 e. The Kier molecular flexibility index (Phi) is 6.24. The van der Waals surface area contributed by atoms with Crippen LogP contribution >= 0.6 is 22.6 Å². The summed E-state index contributed by atoms with van der Waals surface area (Å²) < 4.78 is 12.2. The van der Waals surface area contributed by atoms with Crippen LogP contribution in [0, 0.1) is 10.5 Å². The van der Waals surface area contributed by atoms with Gasteiger partial charge in [-0.25, -0.2) is 0 Å². The Labute approximate surface area is 145 Å². The molecule has 2 rings (SSSR count). The highest BCUT2D eigenvalue weighted by molar-refractivity contribution is 14.1. The van der Waals surface area contributed by atoms with E-state index in [4.69, 9.17) is 9.47 Å². The molecule has 0 unspecified atom stereocenters. The van der Waals surface area contributed by atoms with Crippen LogP contribution in [0.1, 0.15) is 24.5 Å². The Morgan fingerprint density at radius 2 is 1.91 bits per heavy atom. The van der Waals surface area contributed by atoms with E-state index in [9.17, 15) is 0 Å². The third kappa shape index (κ3) is 4.47. The van der Waals surface area contributed by atoms with E-state index in [0.29, 0.717) is 6.61 Å². The third-order valence-corrected chi connectivity index (χ3v) is 3.90. The van der Waals surface area contributed by atoms with Crippen molar-refractivity contribution in [3.8, 4) is 11.5 Å². The highest BCUT2D eigenvalue weighted by Crippen LogP contribution is 2.33. The van der Waals surface area contributed by atoms with Gasteiger partial charge in [0.1, 0.15) is 0 Å². The zero-order chi connectivity index (χ0) is 15.9. The van der Waals surface area contributed by atoms with Gasteiger partial charge in [-0.1, -0.05) is 24.6 Å². The first-order valence-electron chi connectivity index (χ1n) is 7.25. The standard InChI is InChI=1S/C18H20INO2/c1-4-9-22-18-16(19)10-14(11-17(18)21-3)12-20-15-7-5-13(2)6-8-15/h5-8,10-12H,4,9H2,1-3H3. The van der Waals surface area contributed by atoms with Crippen molar-refractivity contribution in [1.29, 1.82) is 0 Å². The number of nitrogens with zero attached hydrogens (tertiary/aromatic N) is 1. The van der Waals surface area contributed by atoms with Gasteiger partial charge in [-0.3, -0.25) is 4.99 Å². The van der Waals surface area contributed by atoms with Gasteiger partial charge >= 0.3 is 0 Å². The Morgan fingerprint density at radius 3 is 2.55 bits per heavy atom. The van der Waals surface area contributed by atoms with Crippen molar-refractivity contribution in [2.45, 2.75) is 20.3 Å². The summed E-state index contributed by atoms with van der Waals surface area (Å²) in [5.74, 6) is 1.54. The lowest BCUT2D eigenvalue weighted by Crippen LogP contribution is -2.01. The van der Waals surface area contributed by atoms with Crippen molar-refractivity contribution in [1.82, 2.24) is 0 Å². The fraction of sp³-hybridized carbons (Fsp3) is 0.278. The molecule has 0 aliphatic carbocycles. The maximum atomic E-state index is 5.76. The van der Waals surface area contributed by atoms with Gasteiger partial charge in [-0.2, -0.15) is 0 Å². The van der Waals surface area contributed by atoms with Gasteiger partial charge in [0.15, 0.2) is 11.5 Å². The maximum absolute atomic E-state index is 5.76. The number of halogens is 1. The summed E-state index contributed by atoms with van der Waals surface area (Å²) in [6.07, 6.45) is 2.81. The number of benzene rings is 2. The predicted molar refractivity (Wildman–Crippen MR) is 99.9 cm³/mol. The summed E-state index contributed by atoms with van der Waals surface area (Å²) in [5, 5.41) is 0. The summed E-state index contributed by atoms with van der Waals surface area (Å²) in [4.78, 5) is 4.50. The molecule has 0 bridgehead atoms. The van der Waals surface area contributed by atoms with Gasteiger partial charge < -0.3 is 9.47 Å². The monoisotopic (exact) mass is 409 g/mol. The zero-order valence-corrected chi connectivity index (χ0v) is 15.3. The van der Waals surface area contributed by atoms with E-state index < -0.39 is 0 Å². The van der Waals surface area contributed by atoms with Gasteiger partial charge in [0.05, 0.1) is 23.0 Å². The molecule has 0 atom stereocenters. The van der Waals surface area contributed by atoms with E-state index >= 15 is 0 Å². The normalized spacial score (nSPS) is 10.9. The molecule has 0 N–H and O–H groups in total. The first-order valence-corrected chi connectivity index (χ1v) is 8.33. The number of aliphatic imine (C=N–C) groups is 1. The molecular formula is C18H20INO2. The first-order chi connectivity index (χ1) is 10.6. The number of ether oxygens (including phenoxy) is 2. The van der Waals surface area contributed by atoms with E-state index in [1.54, 1.807) is 7.11 Å². The second-order valence-corrected chi connectivity index (χ2v) is 6.14. The minimum absolute atomic E-state index is 0.684. The van der Waals surface area contributed by atoms with Crippen LogP contribution in [0.3, 0.4) is 0 Å². The number of rotatable bonds is 6. The molecule has 0 radical (unpaired) electrons. The maximum Gasteiger partial charge on any atom is 0.174 e. The molecule has 2 aromatic carbocycles. The van der Waals surface area contributed by atoms with Crippen LogP contribution < -0.4 is 9.47 Å². The molecule has 0 aromatic heterocycles. The SMILES string of the molecule is CCCOc1c(I)cc(C=Nc2ccc(C)cc2)cc1OC. The fourth-order valence-corrected chi connectivity index (χ4v) is 2.72. The van der Waals surface area contributed by atoms with Crippen molar-refractivity contribution >= 4 is 34.5 Å². The Hall–Kier alpha value is -1.56. The molecule has 22 heavy (non-hydrogen) atoms. The van der Waals surface area contributed by atoms with E-state index in [0.717, 1.165) is 32.7 Å². The number of hydrogen-bond acceptors (Lipinski definition) is 3. The van der Waals surface area contributed by atoms with Crippen molar-refractivity contribution in [3.63, 3.8) is 0 Å². The van der Waals surface area contributed by atoms with Gasteiger partial charge in [0.2, 0.25) is 0 Å². The van der Waals surface area contributed by atoms with Gasteiger partial charge in [-0.15, -0.1) is 0 Å². The van der Waals surface area contributed by atoms with Crippen LogP contribution in [0.4, 0.5) is 5.69 Å². The molecule has 0 heterocycles. The van der Waals surface area contributed by atoms with Crippen LogP contribution in [0.25, 0.3) is 0 Å². The molecule has 4 heteroatoms. The summed E-state index contributed by atoms with van der Waals surface area (Å²) >= 11 is 2.27. The lowest BCUT2D eigenvalue weighted by molar-refractivity contribution is 0.292. The van der Waals surface area contributed by atoms with Crippen LogP contribution in [0.5, 0.6) is 11.5 Å². The molecule has 0 saturated heterocycles. The van der Waals surface area contributed by atoms with Gasteiger partial charge in [0, 0.05) is 6.21 Å². The van der Waals surface area contributed by atoms with E-state index in [1.165, 1.54) is 5.56 Å². The van der Waals surface area contributed by atoms with Crippen LogP contribution in [-0.2, 0) is 0 Å². The highest BCUT2D eigenvalue weighted by atomic mass is 127. The lowest BCUT2D eigenvalue weighted by Gasteiger charge is -2.12. The Bertz CT molecular complexity index is 651. The average molecular weight is 409 g/mol. The molecule has 0 aliphatic rings. The smallest absolute Gasteiger partial charge is 0.174 e. The van der Waals surface area contributed by atoms with Crippen LogP contribution in [0.15, 0.2) is 41.4 Å². The second-order valence-electron chi connectivity index (χ2n) is 4.98. The van der Waals surface area contributed by atoms with E-state index in [2.05, 4.69) is 53.6 Å². The van der Waals surface area contributed by atoms with Crippen LogP contribution in [0.2, 0.25) is 0 Å². The number of hydrogen-bond donors (Lipinski definition) is 0. The zero-order valence-electron chi connectivity index (χ0n) is 13.1. The van der Waals surface area contributed by atoms with E-state index in [-0.39, 0.29) is 0 Å². The van der Waals surface area contributed by atoms with Crippen molar-refractivity contribution < 1.29 is 9.47 Å². The minimum atomic E-state index is 0.684. The third-order valence-electron chi connectivity index (χ3n) is 3.10. The van der Waals surface area contributed by atoms with Crippen molar-refractivity contribution in [2.24, 2.45) is 4.99 Å². The fourth-order valence-electron chi connectivity index (χ4n) is 1.94.